The Morgan fingerprint density at radius 2 is 2.12 bits per heavy atom. The molecule has 0 aromatic carbocycles. The van der Waals surface area contributed by atoms with E-state index >= 15 is 0 Å². The molecule has 0 fully saturated rings. The van der Waals surface area contributed by atoms with Gasteiger partial charge in [0.15, 0.2) is 5.96 Å². The van der Waals surface area contributed by atoms with E-state index in [1.54, 1.807) is 25.5 Å². The lowest BCUT2D eigenvalue weighted by atomic mass is 9.88. The molecule has 1 atom stereocenters. The van der Waals surface area contributed by atoms with Gasteiger partial charge in [-0.15, -0.1) is 0 Å². The SMILES string of the molecule is CN1C(=O)C[C@@](C)(c2cncc(N)c2)N=C1N. The molecule has 6 heteroatoms. The maximum Gasteiger partial charge on any atom is 0.231 e. The number of hydrogen-bond donors (Lipinski definition) is 2. The summed E-state index contributed by atoms with van der Waals surface area (Å²) in [6, 6.07) is 1.77. The predicted molar refractivity (Wildman–Crippen MR) is 65.0 cm³/mol. The number of nitrogen functional groups attached to an aromatic ring is 1. The topological polar surface area (TPSA) is 97.6 Å². The maximum atomic E-state index is 11.8. The number of guanidine groups is 1. The first-order valence-electron chi connectivity index (χ1n) is 5.25. The second-order valence-electron chi connectivity index (χ2n) is 4.38. The lowest BCUT2D eigenvalue weighted by Crippen LogP contribution is -2.47. The van der Waals surface area contributed by atoms with Crippen LogP contribution in [0.4, 0.5) is 5.69 Å². The van der Waals surface area contributed by atoms with Crippen LogP contribution < -0.4 is 11.5 Å². The first-order chi connectivity index (χ1) is 7.92. The molecule has 2 heterocycles. The van der Waals surface area contributed by atoms with Gasteiger partial charge in [-0.25, -0.2) is 4.99 Å². The smallest absolute Gasteiger partial charge is 0.231 e. The van der Waals surface area contributed by atoms with E-state index < -0.39 is 5.54 Å². The third kappa shape index (κ3) is 1.93. The summed E-state index contributed by atoms with van der Waals surface area (Å²) in [5, 5.41) is 0. The van der Waals surface area contributed by atoms with Crippen LogP contribution in [-0.2, 0) is 10.3 Å². The number of pyridine rings is 1. The van der Waals surface area contributed by atoms with E-state index in [9.17, 15) is 4.79 Å². The highest BCUT2D eigenvalue weighted by Crippen LogP contribution is 2.32. The van der Waals surface area contributed by atoms with Crippen LogP contribution in [0.15, 0.2) is 23.5 Å². The number of rotatable bonds is 1. The summed E-state index contributed by atoms with van der Waals surface area (Å²) in [5.74, 6) is 0.147. The number of carbonyl (C=O) groups is 1. The van der Waals surface area contributed by atoms with Gasteiger partial charge in [-0.2, -0.15) is 0 Å². The van der Waals surface area contributed by atoms with Gasteiger partial charge in [0.05, 0.1) is 17.6 Å². The Bertz CT molecular complexity index is 498. The molecular formula is C11H15N5O. The standard InChI is InChI=1S/C11H15N5O/c1-11(7-3-8(12)6-14-5-7)4-9(17)16(2)10(13)15-11/h3,5-6H,4,12H2,1-2H3,(H2,13,15)/t11-/m0/s1. The van der Waals surface area contributed by atoms with Gasteiger partial charge in [-0.3, -0.25) is 14.7 Å². The van der Waals surface area contributed by atoms with Gasteiger partial charge < -0.3 is 11.5 Å². The Labute approximate surface area is 99.3 Å². The van der Waals surface area contributed by atoms with Crippen LogP contribution in [0.3, 0.4) is 0 Å². The fourth-order valence-corrected chi connectivity index (χ4v) is 1.83. The van der Waals surface area contributed by atoms with Crippen molar-refractivity contribution in [3.8, 4) is 0 Å². The molecule has 17 heavy (non-hydrogen) atoms. The van der Waals surface area contributed by atoms with E-state index in [1.165, 1.54) is 4.90 Å². The molecule has 0 bridgehead atoms. The Morgan fingerprint density at radius 1 is 1.41 bits per heavy atom. The molecule has 1 aromatic heterocycles. The highest BCUT2D eigenvalue weighted by molar-refractivity contribution is 5.98. The normalized spacial score (nSPS) is 24.7. The second kappa shape index (κ2) is 3.73. The predicted octanol–water partition coefficient (Wildman–Crippen LogP) is 0.0558. The Balaban J connectivity index is 2.47. The zero-order chi connectivity index (χ0) is 12.6. The number of aliphatic imine (C=N–C) groups is 1. The third-order valence-electron chi connectivity index (χ3n) is 2.96. The minimum atomic E-state index is -0.684. The molecule has 0 spiro atoms. The summed E-state index contributed by atoms with van der Waals surface area (Å²) in [5.41, 5.74) is 12.1. The van der Waals surface area contributed by atoms with Gasteiger partial charge in [0.1, 0.15) is 0 Å². The minimum absolute atomic E-state index is 0.0672. The summed E-state index contributed by atoms with van der Waals surface area (Å²) >= 11 is 0. The number of carbonyl (C=O) groups excluding carboxylic acids is 1. The number of anilines is 1. The largest absolute Gasteiger partial charge is 0.397 e. The average Bonchev–Trinajstić information content (AvgIpc) is 2.26. The van der Waals surface area contributed by atoms with E-state index in [0.717, 1.165) is 5.56 Å². The lowest BCUT2D eigenvalue weighted by molar-refractivity contribution is -0.128. The molecule has 6 nitrogen and oxygen atoms in total. The number of nitrogens with two attached hydrogens (primary N) is 2. The van der Waals surface area contributed by atoms with Gasteiger partial charge in [-0.1, -0.05) is 0 Å². The molecule has 1 aromatic rings. The molecule has 0 unspecified atom stereocenters. The van der Waals surface area contributed by atoms with E-state index in [4.69, 9.17) is 11.5 Å². The molecule has 1 amide bonds. The number of hydrogen-bond acceptors (Lipinski definition) is 5. The Hall–Kier alpha value is -2.11. The first kappa shape index (κ1) is 11.4. The van der Waals surface area contributed by atoms with Crippen molar-refractivity contribution in [1.29, 1.82) is 0 Å². The van der Waals surface area contributed by atoms with Gasteiger partial charge in [0.2, 0.25) is 5.91 Å². The van der Waals surface area contributed by atoms with Crippen molar-refractivity contribution in [2.24, 2.45) is 10.7 Å². The van der Waals surface area contributed by atoms with Crippen molar-refractivity contribution >= 4 is 17.6 Å². The van der Waals surface area contributed by atoms with Gasteiger partial charge in [-0.05, 0) is 13.0 Å². The van der Waals surface area contributed by atoms with Crippen molar-refractivity contribution in [1.82, 2.24) is 9.88 Å². The summed E-state index contributed by atoms with van der Waals surface area (Å²) in [7, 11) is 1.61. The molecule has 0 aliphatic carbocycles. The van der Waals surface area contributed by atoms with Crippen molar-refractivity contribution in [2.75, 3.05) is 12.8 Å². The molecule has 90 valence electrons. The van der Waals surface area contributed by atoms with E-state index in [1.807, 2.05) is 6.92 Å². The average molecular weight is 233 g/mol. The van der Waals surface area contributed by atoms with Crippen molar-refractivity contribution in [3.05, 3.63) is 24.0 Å². The molecule has 2 rings (SSSR count). The zero-order valence-electron chi connectivity index (χ0n) is 9.84. The Morgan fingerprint density at radius 3 is 2.71 bits per heavy atom. The molecule has 1 aliphatic rings. The fraction of sp³-hybridized carbons (Fsp3) is 0.364. The molecule has 0 saturated carbocycles. The summed E-state index contributed by atoms with van der Waals surface area (Å²) in [6.07, 6.45) is 3.47. The van der Waals surface area contributed by atoms with E-state index in [-0.39, 0.29) is 18.3 Å². The summed E-state index contributed by atoms with van der Waals surface area (Å²) in [6.45, 7) is 1.85. The van der Waals surface area contributed by atoms with Gasteiger partial charge in [0, 0.05) is 25.0 Å². The lowest BCUT2D eigenvalue weighted by Gasteiger charge is -2.33. The highest BCUT2D eigenvalue weighted by atomic mass is 16.2. The maximum absolute atomic E-state index is 11.8. The van der Waals surface area contributed by atoms with Crippen molar-refractivity contribution < 1.29 is 4.79 Å². The molecule has 1 aliphatic heterocycles. The van der Waals surface area contributed by atoms with Gasteiger partial charge >= 0.3 is 0 Å². The third-order valence-corrected chi connectivity index (χ3v) is 2.96. The van der Waals surface area contributed by atoms with Crippen LogP contribution in [0.1, 0.15) is 18.9 Å². The second-order valence-corrected chi connectivity index (χ2v) is 4.38. The number of amides is 1. The van der Waals surface area contributed by atoms with Crippen molar-refractivity contribution in [3.63, 3.8) is 0 Å². The van der Waals surface area contributed by atoms with Crippen LogP contribution in [0.2, 0.25) is 0 Å². The molecule has 4 N–H and O–H groups in total. The van der Waals surface area contributed by atoms with Crippen LogP contribution in [0, 0.1) is 0 Å². The first-order valence-corrected chi connectivity index (χ1v) is 5.25. The summed E-state index contributed by atoms with van der Waals surface area (Å²) in [4.78, 5) is 21.5. The van der Waals surface area contributed by atoms with Crippen LogP contribution >= 0.6 is 0 Å². The molecule has 0 saturated heterocycles. The number of nitrogens with zero attached hydrogens (tertiary/aromatic N) is 3. The highest BCUT2D eigenvalue weighted by Gasteiger charge is 2.36. The minimum Gasteiger partial charge on any atom is -0.397 e. The monoisotopic (exact) mass is 233 g/mol. The fourth-order valence-electron chi connectivity index (χ4n) is 1.83. The molecular weight excluding hydrogens is 218 g/mol. The van der Waals surface area contributed by atoms with Crippen molar-refractivity contribution in [2.45, 2.75) is 18.9 Å². The quantitative estimate of drug-likeness (QED) is 0.716. The number of aromatic nitrogens is 1. The van der Waals surface area contributed by atoms with Crippen LogP contribution in [0.25, 0.3) is 0 Å². The van der Waals surface area contributed by atoms with E-state index in [0.29, 0.717) is 5.69 Å². The van der Waals surface area contributed by atoms with Crippen LogP contribution in [0.5, 0.6) is 0 Å². The molecule has 0 radical (unpaired) electrons. The zero-order valence-corrected chi connectivity index (χ0v) is 9.84. The van der Waals surface area contributed by atoms with Crippen LogP contribution in [-0.4, -0.2) is 28.8 Å². The van der Waals surface area contributed by atoms with Gasteiger partial charge in [0.25, 0.3) is 0 Å². The van der Waals surface area contributed by atoms with E-state index in [2.05, 4.69) is 9.98 Å². The Kier molecular flexibility index (Phi) is 2.49. The summed E-state index contributed by atoms with van der Waals surface area (Å²) < 4.78 is 0.